The molecule has 3 atom stereocenters. The largest absolute Gasteiger partial charge is 0.658 e. The second-order valence-electron chi connectivity index (χ2n) is 4.20. The van der Waals surface area contributed by atoms with Crippen LogP contribution in [0.1, 0.15) is 6.23 Å². The number of hydrogen-bond donors (Lipinski definition) is 3. The fourth-order valence-corrected chi connectivity index (χ4v) is 2.16. The molecule has 2 heterocycles. The van der Waals surface area contributed by atoms with Gasteiger partial charge in [0, 0.05) is 12.3 Å². The lowest BCUT2D eigenvalue weighted by molar-refractivity contribution is -0.337. The molecule has 2 rings (SSSR count). The maximum atomic E-state index is 11.5. The number of nitrogens with zero attached hydrogens (tertiary/aromatic N) is 1. The number of aromatic amines is 1. The Balaban J connectivity index is 2.09. The van der Waals surface area contributed by atoms with Gasteiger partial charge in [-0.3, -0.25) is 19.2 Å². The fourth-order valence-electron chi connectivity index (χ4n) is 1.78. The third kappa shape index (κ3) is 3.49. The minimum Gasteiger partial charge on any atom is -0.658 e. The summed E-state index contributed by atoms with van der Waals surface area (Å²) in [5.74, 6) is 0. The number of aliphatic hydroxyl groups excluding tert-OH is 1. The Morgan fingerprint density at radius 2 is 2.25 bits per heavy atom. The molecule has 0 radical (unpaired) electrons. The van der Waals surface area contributed by atoms with E-state index in [1.807, 2.05) is 4.98 Å². The van der Waals surface area contributed by atoms with E-state index in [9.17, 15) is 24.5 Å². The quantitative estimate of drug-likeness (QED) is 0.478. The van der Waals surface area contributed by atoms with Crippen LogP contribution in [0.15, 0.2) is 21.9 Å². The van der Waals surface area contributed by atoms with E-state index in [4.69, 9.17) is 14.4 Å². The van der Waals surface area contributed by atoms with Crippen molar-refractivity contribution in [3.63, 3.8) is 0 Å². The third-order valence-electron chi connectivity index (χ3n) is 2.68. The van der Waals surface area contributed by atoms with Crippen LogP contribution in [-0.4, -0.2) is 44.7 Å². The Labute approximate surface area is 112 Å². The van der Waals surface area contributed by atoms with E-state index >= 15 is 0 Å². The van der Waals surface area contributed by atoms with Gasteiger partial charge in [0.1, 0.15) is 12.2 Å². The molecular formula is C9H12N2O8P-. The zero-order chi connectivity index (χ0) is 14.9. The number of aliphatic hydroxyl groups is 1. The van der Waals surface area contributed by atoms with Crippen molar-refractivity contribution in [2.24, 2.45) is 0 Å². The Morgan fingerprint density at radius 1 is 1.55 bits per heavy atom. The first-order chi connectivity index (χ1) is 9.28. The number of aromatic nitrogens is 2. The van der Waals surface area contributed by atoms with E-state index in [0.29, 0.717) is 0 Å². The van der Waals surface area contributed by atoms with Crippen molar-refractivity contribution in [3.8, 4) is 0 Å². The van der Waals surface area contributed by atoms with E-state index in [0.717, 1.165) is 16.8 Å². The number of rotatable bonds is 4. The molecule has 1 aliphatic heterocycles. The van der Waals surface area contributed by atoms with Gasteiger partial charge in [-0.15, -0.1) is 0 Å². The predicted octanol–water partition coefficient (Wildman–Crippen LogP) is -3.76. The van der Waals surface area contributed by atoms with Gasteiger partial charge < -0.3 is 24.4 Å². The van der Waals surface area contributed by atoms with Crippen LogP contribution in [0.3, 0.4) is 0 Å². The third-order valence-corrected chi connectivity index (χ3v) is 3.16. The Hall–Kier alpha value is -1.13. The zero-order valence-electron chi connectivity index (χ0n) is 10.0. The highest BCUT2D eigenvalue weighted by atomic mass is 31.2. The Kier molecular flexibility index (Phi) is 4.35. The topological polar surface area (TPSA) is 160 Å². The van der Waals surface area contributed by atoms with Gasteiger partial charge in [0.15, 0.2) is 12.6 Å². The number of ether oxygens (including phenoxy) is 2. The van der Waals surface area contributed by atoms with Crippen molar-refractivity contribution < 1.29 is 29.3 Å². The van der Waals surface area contributed by atoms with Gasteiger partial charge in [0.2, 0.25) is 0 Å². The van der Waals surface area contributed by atoms with Gasteiger partial charge in [0.25, 0.3) is 5.56 Å². The van der Waals surface area contributed by atoms with Gasteiger partial charge in [0.05, 0.1) is 14.6 Å². The minimum absolute atomic E-state index is 0.169. The standard InChI is InChI=1S/C9H13N2O8P/c12-6-1-2-11(9(14)10-6)8-7(13)5(3-18-8)19-4-20(15,16)17/h1-2,5,7-8,13H,3-4H2,(H,10,12,14)(H2,15,16,17)/p-1/t5-,7+,8+/m0/s1. The normalized spacial score (nSPS) is 26.9. The van der Waals surface area contributed by atoms with E-state index in [-0.39, 0.29) is 6.61 Å². The average Bonchev–Trinajstić information content (AvgIpc) is 2.67. The summed E-state index contributed by atoms with van der Waals surface area (Å²) >= 11 is 0. The highest BCUT2D eigenvalue weighted by molar-refractivity contribution is 7.55. The molecule has 0 aliphatic carbocycles. The SMILES string of the molecule is O=c1ccn([C@@H]2OC[C@H](OC[P+]([O-])([O-])O)[C@H]2O)c(=O)[nH]1. The highest BCUT2D eigenvalue weighted by Gasteiger charge is 2.39. The molecule has 1 aliphatic rings. The van der Waals surface area contributed by atoms with E-state index in [1.165, 1.54) is 0 Å². The predicted molar refractivity (Wildman–Crippen MR) is 61.2 cm³/mol. The van der Waals surface area contributed by atoms with Crippen LogP contribution in [0, 0.1) is 0 Å². The summed E-state index contributed by atoms with van der Waals surface area (Å²) < 4.78 is 10.9. The molecule has 112 valence electrons. The van der Waals surface area contributed by atoms with Crippen LogP contribution >= 0.6 is 7.94 Å². The van der Waals surface area contributed by atoms with Crippen LogP contribution in [0.2, 0.25) is 0 Å². The lowest BCUT2D eigenvalue weighted by Crippen LogP contribution is -2.38. The maximum Gasteiger partial charge on any atom is 0.330 e. The second-order valence-corrected chi connectivity index (χ2v) is 5.74. The van der Waals surface area contributed by atoms with Gasteiger partial charge in [-0.25, -0.2) is 4.79 Å². The average molecular weight is 307 g/mol. The zero-order valence-corrected chi connectivity index (χ0v) is 10.9. The molecule has 11 heteroatoms. The summed E-state index contributed by atoms with van der Waals surface area (Å²) in [5.41, 5.74) is -1.38. The van der Waals surface area contributed by atoms with Gasteiger partial charge in [-0.1, -0.05) is 0 Å². The molecular weight excluding hydrogens is 295 g/mol. The molecule has 0 aromatic carbocycles. The van der Waals surface area contributed by atoms with Crippen molar-refractivity contribution >= 4 is 7.94 Å². The summed E-state index contributed by atoms with van der Waals surface area (Å²) in [4.78, 5) is 54.2. The van der Waals surface area contributed by atoms with Gasteiger partial charge >= 0.3 is 5.69 Å². The number of hydrogen-bond acceptors (Lipinski definition) is 8. The molecule has 0 bridgehead atoms. The van der Waals surface area contributed by atoms with E-state index in [1.54, 1.807) is 0 Å². The highest BCUT2D eigenvalue weighted by Crippen LogP contribution is 2.35. The molecule has 3 N–H and O–H groups in total. The van der Waals surface area contributed by atoms with Gasteiger partial charge in [-0.2, -0.15) is 0 Å². The second kappa shape index (κ2) is 5.70. The summed E-state index contributed by atoms with van der Waals surface area (Å²) in [7, 11) is -4.61. The van der Waals surface area contributed by atoms with Crippen LogP contribution in [0.5, 0.6) is 0 Å². The van der Waals surface area contributed by atoms with E-state index in [2.05, 4.69) is 0 Å². The van der Waals surface area contributed by atoms with E-state index < -0.39 is 44.0 Å². The molecule has 0 spiro atoms. The van der Waals surface area contributed by atoms with Crippen molar-refractivity contribution in [1.82, 2.24) is 9.55 Å². The summed E-state index contributed by atoms with van der Waals surface area (Å²) in [6.07, 6.45) is -3.29. The van der Waals surface area contributed by atoms with Gasteiger partial charge in [-0.05, 0) is 0 Å². The van der Waals surface area contributed by atoms with Crippen LogP contribution in [0.4, 0.5) is 0 Å². The van der Waals surface area contributed by atoms with Crippen molar-refractivity contribution in [2.45, 2.75) is 18.4 Å². The van der Waals surface area contributed by atoms with Crippen molar-refractivity contribution in [1.29, 1.82) is 0 Å². The summed E-state index contributed by atoms with van der Waals surface area (Å²) in [5, 5.41) is 9.92. The molecule has 20 heavy (non-hydrogen) atoms. The first kappa shape index (κ1) is 15.3. The van der Waals surface area contributed by atoms with Crippen molar-refractivity contribution in [2.75, 3.05) is 13.0 Å². The monoisotopic (exact) mass is 307 g/mol. The summed E-state index contributed by atoms with van der Waals surface area (Å²) in [6.45, 7) is -0.169. The minimum atomic E-state index is -4.61. The molecule has 1 aromatic rings. The van der Waals surface area contributed by atoms with Crippen LogP contribution in [-0.2, 0) is 9.47 Å². The number of H-pyrrole nitrogens is 1. The molecule has 1 aromatic heterocycles. The van der Waals surface area contributed by atoms with Crippen LogP contribution < -0.4 is 21.0 Å². The molecule has 0 saturated carbocycles. The molecule has 0 unspecified atom stereocenters. The first-order valence-electron chi connectivity index (χ1n) is 5.53. The van der Waals surface area contributed by atoms with Crippen LogP contribution in [0.25, 0.3) is 0 Å². The van der Waals surface area contributed by atoms with Crippen molar-refractivity contribution in [3.05, 3.63) is 33.1 Å². The lowest BCUT2D eigenvalue weighted by Gasteiger charge is -2.28. The smallest absolute Gasteiger partial charge is 0.330 e. The summed E-state index contributed by atoms with van der Waals surface area (Å²) in [6, 6.07) is 1.07. The molecule has 0 amide bonds. The molecule has 10 nitrogen and oxygen atoms in total. The molecule has 1 fully saturated rings. The Morgan fingerprint density at radius 3 is 2.85 bits per heavy atom. The number of nitrogens with one attached hydrogen (secondary N) is 1. The maximum absolute atomic E-state index is 11.5. The lowest BCUT2D eigenvalue weighted by atomic mass is 10.2. The Bertz CT molecular complexity index is 578. The fraction of sp³-hybridized carbons (Fsp3) is 0.556. The molecule has 1 saturated heterocycles. The first-order valence-corrected chi connectivity index (χ1v) is 7.30.